The Bertz CT molecular complexity index is 886. The monoisotopic (exact) mass is 373 g/mol. The van der Waals surface area contributed by atoms with Gasteiger partial charge in [-0.05, 0) is 61.3 Å². The Morgan fingerprint density at radius 3 is 2.25 bits per heavy atom. The second kappa shape index (κ2) is 7.95. The van der Waals surface area contributed by atoms with Crippen LogP contribution in [0.2, 0.25) is 0 Å². The predicted octanol–water partition coefficient (Wildman–Crippen LogP) is 4.08. The molecular formula is C24H23NO3. The van der Waals surface area contributed by atoms with Gasteiger partial charge in [0.15, 0.2) is 11.5 Å². The summed E-state index contributed by atoms with van der Waals surface area (Å²) < 4.78 is 6.19. The van der Waals surface area contributed by atoms with Crippen LogP contribution in [0.15, 0.2) is 85.0 Å². The SMILES string of the molecule is O=C1C=CC2(C=C1)OCC(CCCc1ccccc1)C(=O)N2c1ccccc1. The highest BCUT2D eigenvalue weighted by Gasteiger charge is 2.46. The average molecular weight is 373 g/mol. The molecule has 1 atom stereocenters. The highest BCUT2D eigenvalue weighted by atomic mass is 16.5. The maximum Gasteiger partial charge on any atom is 0.235 e. The quantitative estimate of drug-likeness (QED) is 0.793. The van der Waals surface area contributed by atoms with Gasteiger partial charge in [0.05, 0.1) is 12.5 Å². The van der Waals surface area contributed by atoms with E-state index in [2.05, 4.69) is 12.1 Å². The Labute approximate surface area is 165 Å². The van der Waals surface area contributed by atoms with Crippen LogP contribution >= 0.6 is 0 Å². The Balaban J connectivity index is 1.53. The van der Waals surface area contributed by atoms with E-state index in [4.69, 9.17) is 4.74 Å². The van der Waals surface area contributed by atoms with Crippen molar-refractivity contribution >= 4 is 17.4 Å². The minimum atomic E-state index is -1.03. The first-order valence-electron chi connectivity index (χ1n) is 9.67. The number of carbonyl (C=O) groups excluding carboxylic acids is 2. The third kappa shape index (κ3) is 3.69. The first kappa shape index (κ1) is 18.4. The summed E-state index contributed by atoms with van der Waals surface area (Å²) in [5.74, 6) is -0.261. The van der Waals surface area contributed by atoms with E-state index in [0.717, 1.165) is 24.9 Å². The molecule has 1 spiro atoms. The number of amides is 1. The van der Waals surface area contributed by atoms with Crippen LogP contribution in [0.4, 0.5) is 5.69 Å². The van der Waals surface area contributed by atoms with Gasteiger partial charge in [0.2, 0.25) is 5.91 Å². The van der Waals surface area contributed by atoms with Crippen molar-refractivity contribution < 1.29 is 14.3 Å². The second-order valence-corrected chi connectivity index (χ2v) is 7.22. The van der Waals surface area contributed by atoms with Crippen LogP contribution in [-0.2, 0) is 20.7 Å². The molecule has 0 aromatic heterocycles. The van der Waals surface area contributed by atoms with E-state index in [1.54, 1.807) is 17.1 Å². The number of anilines is 1. The minimum Gasteiger partial charge on any atom is -0.347 e. The summed E-state index contributed by atoms with van der Waals surface area (Å²) in [5.41, 5.74) is 1.02. The van der Waals surface area contributed by atoms with Crippen LogP contribution < -0.4 is 4.90 Å². The molecule has 1 aliphatic heterocycles. The molecule has 0 N–H and O–H groups in total. The van der Waals surface area contributed by atoms with Gasteiger partial charge in [0.25, 0.3) is 0 Å². The van der Waals surface area contributed by atoms with Gasteiger partial charge in [-0.2, -0.15) is 0 Å². The minimum absolute atomic E-state index is 0.0363. The number of ether oxygens (including phenoxy) is 1. The molecule has 4 heteroatoms. The van der Waals surface area contributed by atoms with Crippen molar-refractivity contribution in [3.05, 3.63) is 90.5 Å². The zero-order chi connectivity index (χ0) is 19.4. The number of carbonyl (C=O) groups is 2. The molecule has 142 valence electrons. The van der Waals surface area contributed by atoms with Crippen molar-refractivity contribution in [1.82, 2.24) is 0 Å². The van der Waals surface area contributed by atoms with Crippen LogP contribution in [0.25, 0.3) is 0 Å². The Morgan fingerprint density at radius 1 is 0.929 bits per heavy atom. The molecule has 1 fully saturated rings. The van der Waals surface area contributed by atoms with Crippen molar-refractivity contribution in [1.29, 1.82) is 0 Å². The van der Waals surface area contributed by atoms with E-state index in [1.807, 2.05) is 48.5 Å². The number of hydrogen-bond acceptors (Lipinski definition) is 3. The number of benzene rings is 2. The van der Waals surface area contributed by atoms with Crippen molar-refractivity contribution in [3.63, 3.8) is 0 Å². The van der Waals surface area contributed by atoms with Crippen molar-refractivity contribution in [2.24, 2.45) is 5.92 Å². The van der Waals surface area contributed by atoms with Crippen molar-refractivity contribution in [2.75, 3.05) is 11.5 Å². The molecule has 1 heterocycles. The van der Waals surface area contributed by atoms with Crippen LogP contribution in [-0.4, -0.2) is 24.0 Å². The van der Waals surface area contributed by atoms with E-state index in [9.17, 15) is 9.59 Å². The summed E-state index contributed by atoms with van der Waals surface area (Å²) in [7, 11) is 0. The third-order valence-electron chi connectivity index (χ3n) is 5.28. The maximum absolute atomic E-state index is 13.4. The molecule has 0 saturated carbocycles. The number of hydrogen-bond donors (Lipinski definition) is 0. The molecule has 2 aromatic rings. The zero-order valence-electron chi connectivity index (χ0n) is 15.7. The summed E-state index contributed by atoms with van der Waals surface area (Å²) in [4.78, 5) is 26.7. The summed E-state index contributed by atoms with van der Waals surface area (Å²) in [5, 5.41) is 0. The highest BCUT2D eigenvalue weighted by molar-refractivity contribution is 6.03. The fourth-order valence-corrected chi connectivity index (χ4v) is 3.79. The van der Waals surface area contributed by atoms with E-state index >= 15 is 0 Å². The van der Waals surface area contributed by atoms with Crippen LogP contribution in [0.5, 0.6) is 0 Å². The van der Waals surface area contributed by atoms with Crippen molar-refractivity contribution in [2.45, 2.75) is 25.0 Å². The molecule has 1 unspecified atom stereocenters. The third-order valence-corrected chi connectivity index (χ3v) is 5.28. The summed E-state index contributed by atoms with van der Waals surface area (Å²) in [6, 6.07) is 19.8. The summed E-state index contributed by atoms with van der Waals surface area (Å²) in [6.07, 6.45) is 8.93. The zero-order valence-corrected chi connectivity index (χ0v) is 15.7. The normalized spacial score (nSPS) is 20.7. The lowest BCUT2D eigenvalue weighted by Crippen LogP contribution is -2.59. The lowest BCUT2D eigenvalue weighted by Gasteiger charge is -2.46. The van der Waals surface area contributed by atoms with E-state index < -0.39 is 5.72 Å². The number of nitrogens with zero attached hydrogens (tertiary/aromatic N) is 1. The first-order chi connectivity index (χ1) is 13.7. The standard InChI is InChI=1S/C24H23NO3/c26-22-14-16-24(17-15-22)25(21-12-5-2-6-13-21)23(27)20(18-28-24)11-7-10-19-8-3-1-4-9-19/h1-6,8-9,12-17,20H,7,10-11,18H2. The Kier molecular flexibility index (Phi) is 5.22. The van der Waals surface area contributed by atoms with Gasteiger partial charge in [-0.15, -0.1) is 0 Å². The molecule has 1 saturated heterocycles. The topological polar surface area (TPSA) is 46.6 Å². The lowest BCUT2D eigenvalue weighted by atomic mass is 9.93. The molecule has 4 rings (SSSR count). The predicted molar refractivity (Wildman–Crippen MR) is 109 cm³/mol. The molecule has 28 heavy (non-hydrogen) atoms. The van der Waals surface area contributed by atoms with Crippen LogP contribution in [0, 0.1) is 5.92 Å². The van der Waals surface area contributed by atoms with Gasteiger partial charge in [-0.1, -0.05) is 48.5 Å². The van der Waals surface area contributed by atoms with E-state index in [0.29, 0.717) is 6.61 Å². The molecule has 0 radical (unpaired) electrons. The molecule has 2 aliphatic rings. The first-order valence-corrected chi connectivity index (χ1v) is 9.67. The van der Waals surface area contributed by atoms with E-state index in [1.165, 1.54) is 17.7 Å². The molecule has 1 amide bonds. The fraction of sp³-hybridized carbons (Fsp3) is 0.250. The highest BCUT2D eigenvalue weighted by Crippen LogP contribution is 2.36. The smallest absolute Gasteiger partial charge is 0.235 e. The molecule has 1 aliphatic carbocycles. The maximum atomic E-state index is 13.4. The van der Waals surface area contributed by atoms with Crippen molar-refractivity contribution in [3.8, 4) is 0 Å². The Hall–Kier alpha value is -2.98. The number of ketones is 1. The summed E-state index contributed by atoms with van der Waals surface area (Å²) >= 11 is 0. The Morgan fingerprint density at radius 2 is 1.57 bits per heavy atom. The number of aryl methyl sites for hydroxylation is 1. The molecule has 4 nitrogen and oxygen atoms in total. The van der Waals surface area contributed by atoms with Gasteiger partial charge >= 0.3 is 0 Å². The van der Waals surface area contributed by atoms with Crippen LogP contribution in [0.1, 0.15) is 18.4 Å². The lowest BCUT2D eigenvalue weighted by molar-refractivity contribution is -0.138. The van der Waals surface area contributed by atoms with Gasteiger partial charge in [0, 0.05) is 5.69 Å². The van der Waals surface area contributed by atoms with Gasteiger partial charge < -0.3 is 4.74 Å². The van der Waals surface area contributed by atoms with Crippen LogP contribution in [0.3, 0.4) is 0 Å². The van der Waals surface area contributed by atoms with E-state index in [-0.39, 0.29) is 17.6 Å². The fourth-order valence-electron chi connectivity index (χ4n) is 3.79. The molecular weight excluding hydrogens is 350 g/mol. The average Bonchev–Trinajstić information content (AvgIpc) is 2.74. The van der Waals surface area contributed by atoms with Gasteiger partial charge in [0.1, 0.15) is 0 Å². The largest absolute Gasteiger partial charge is 0.347 e. The van der Waals surface area contributed by atoms with Gasteiger partial charge in [-0.25, -0.2) is 0 Å². The molecule has 2 aromatic carbocycles. The molecule has 0 bridgehead atoms. The second-order valence-electron chi connectivity index (χ2n) is 7.22. The summed E-state index contributed by atoms with van der Waals surface area (Å²) in [6.45, 7) is 0.347. The number of rotatable bonds is 5. The number of para-hydroxylation sites is 1. The number of allylic oxidation sites excluding steroid dienone is 2. The van der Waals surface area contributed by atoms with Gasteiger partial charge in [-0.3, -0.25) is 14.5 Å².